The summed E-state index contributed by atoms with van der Waals surface area (Å²) in [5.41, 5.74) is 4.42. The second-order valence-electron chi connectivity index (χ2n) is 4.67. The molecule has 19 heavy (non-hydrogen) atoms. The Morgan fingerprint density at radius 1 is 1.05 bits per heavy atom. The van der Waals surface area contributed by atoms with Crippen molar-refractivity contribution < 1.29 is 9.52 Å². The minimum Gasteiger partial charge on any atom is -0.508 e. The summed E-state index contributed by atoms with van der Waals surface area (Å²) in [4.78, 5) is 4.37. The van der Waals surface area contributed by atoms with Crippen molar-refractivity contribution in [3.8, 4) is 5.75 Å². The molecule has 0 saturated heterocycles. The molecule has 0 fully saturated rings. The minimum absolute atomic E-state index is 0.217. The molecule has 0 amide bonds. The Hall–Kier alpha value is -2.49. The number of aromatic hydroxyl groups is 1. The molecule has 4 nitrogen and oxygen atoms in total. The standard InChI is InChI=1S/C15H14N2O2/c1-9-3-4-14-13(7-9)17-15(19-14)16-11-5-10(2)6-12(18)8-11/h3-8,18H,1-2H3,(H,16,17). The largest absolute Gasteiger partial charge is 0.508 e. The molecule has 96 valence electrons. The van der Waals surface area contributed by atoms with Crippen LogP contribution in [0.5, 0.6) is 5.75 Å². The Morgan fingerprint density at radius 2 is 1.89 bits per heavy atom. The number of aryl methyl sites for hydroxylation is 2. The molecule has 0 aliphatic rings. The van der Waals surface area contributed by atoms with E-state index in [1.165, 1.54) is 0 Å². The molecular formula is C15H14N2O2. The average Bonchev–Trinajstić information content (AvgIpc) is 2.68. The molecule has 0 aliphatic carbocycles. The topological polar surface area (TPSA) is 58.3 Å². The van der Waals surface area contributed by atoms with Crippen molar-refractivity contribution in [1.82, 2.24) is 4.98 Å². The molecule has 0 unspecified atom stereocenters. The Kier molecular flexibility index (Phi) is 2.63. The molecule has 1 aromatic heterocycles. The normalized spacial score (nSPS) is 10.8. The fourth-order valence-corrected chi connectivity index (χ4v) is 2.05. The highest BCUT2D eigenvalue weighted by atomic mass is 16.4. The Morgan fingerprint density at radius 3 is 2.68 bits per heavy atom. The van der Waals surface area contributed by atoms with Crippen LogP contribution in [0.25, 0.3) is 11.1 Å². The monoisotopic (exact) mass is 254 g/mol. The van der Waals surface area contributed by atoms with Gasteiger partial charge < -0.3 is 14.8 Å². The number of oxazole rings is 1. The highest BCUT2D eigenvalue weighted by Gasteiger charge is 2.06. The Labute approximate surface area is 110 Å². The van der Waals surface area contributed by atoms with Crippen LogP contribution in [-0.2, 0) is 0 Å². The van der Waals surface area contributed by atoms with E-state index in [4.69, 9.17) is 4.42 Å². The quantitative estimate of drug-likeness (QED) is 0.728. The molecule has 4 heteroatoms. The lowest BCUT2D eigenvalue weighted by molar-refractivity contribution is 0.475. The molecule has 3 rings (SSSR count). The molecule has 0 spiro atoms. The van der Waals surface area contributed by atoms with Crippen LogP contribution in [-0.4, -0.2) is 10.1 Å². The Balaban J connectivity index is 1.96. The molecule has 0 saturated carbocycles. The summed E-state index contributed by atoms with van der Waals surface area (Å²) in [5.74, 6) is 0.217. The fourth-order valence-electron chi connectivity index (χ4n) is 2.05. The van der Waals surface area contributed by atoms with Gasteiger partial charge in [-0.25, -0.2) is 0 Å². The van der Waals surface area contributed by atoms with Gasteiger partial charge in [-0.2, -0.15) is 4.98 Å². The van der Waals surface area contributed by atoms with E-state index in [9.17, 15) is 5.11 Å². The van der Waals surface area contributed by atoms with Crippen molar-refractivity contribution in [3.05, 3.63) is 47.5 Å². The number of nitrogens with zero attached hydrogens (tertiary/aromatic N) is 1. The van der Waals surface area contributed by atoms with Gasteiger partial charge in [0.2, 0.25) is 0 Å². The predicted molar refractivity (Wildman–Crippen MR) is 74.9 cm³/mol. The van der Waals surface area contributed by atoms with Gasteiger partial charge in [0.05, 0.1) is 0 Å². The summed E-state index contributed by atoms with van der Waals surface area (Å²) in [6.07, 6.45) is 0. The fraction of sp³-hybridized carbons (Fsp3) is 0.133. The van der Waals surface area contributed by atoms with Crippen molar-refractivity contribution in [2.24, 2.45) is 0 Å². The van der Waals surface area contributed by atoms with E-state index in [1.54, 1.807) is 12.1 Å². The van der Waals surface area contributed by atoms with Gasteiger partial charge >= 0.3 is 0 Å². The molecule has 0 bridgehead atoms. The number of anilines is 2. The van der Waals surface area contributed by atoms with Gasteiger partial charge in [-0.1, -0.05) is 6.07 Å². The summed E-state index contributed by atoms with van der Waals surface area (Å²) < 4.78 is 5.60. The van der Waals surface area contributed by atoms with E-state index < -0.39 is 0 Å². The van der Waals surface area contributed by atoms with E-state index in [1.807, 2.05) is 38.1 Å². The van der Waals surface area contributed by atoms with Crippen LogP contribution < -0.4 is 5.32 Å². The van der Waals surface area contributed by atoms with Crippen molar-refractivity contribution in [2.75, 3.05) is 5.32 Å². The summed E-state index contributed by atoms with van der Waals surface area (Å²) in [5, 5.41) is 12.6. The van der Waals surface area contributed by atoms with Crippen LogP contribution in [0.1, 0.15) is 11.1 Å². The molecule has 2 aromatic carbocycles. The zero-order chi connectivity index (χ0) is 13.4. The van der Waals surface area contributed by atoms with Crippen LogP contribution in [0.4, 0.5) is 11.7 Å². The highest BCUT2D eigenvalue weighted by molar-refractivity contribution is 5.76. The Bertz CT molecular complexity index is 727. The zero-order valence-electron chi connectivity index (χ0n) is 10.8. The summed E-state index contributed by atoms with van der Waals surface area (Å²) in [6, 6.07) is 11.5. The van der Waals surface area contributed by atoms with E-state index in [0.29, 0.717) is 6.01 Å². The van der Waals surface area contributed by atoms with Crippen LogP contribution >= 0.6 is 0 Å². The first-order valence-corrected chi connectivity index (χ1v) is 6.05. The number of phenolic OH excluding ortho intramolecular Hbond substituents is 1. The van der Waals surface area contributed by atoms with Gasteiger partial charge in [0.1, 0.15) is 11.3 Å². The van der Waals surface area contributed by atoms with Crippen LogP contribution in [0.2, 0.25) is 0 Å². The average molecular weight is 254 g/mol. The van der Waals surface area contributed by atoms with Gasteiger partial charge in [0, 0.05) is 11.8 Å². The summed E-state index contributed by atoms with van der Waals surface area (Å²) in [6.45, 7) is 3.93. The van der Waals surface area contributed by atoms with Crippen molar-refractivity contribution >= 4 is 22.8 Å². The smallest absolute Gasteiger partial charge is 0.300 e. The van der Waals surface area contributed by atoms with Gasteiger partial charge in [-0.15, -0.1) is 0 Å². The predicted octanol–water partition coefficient (Wildman–Crippen LogP) is 3.89. The number of phenols is 1. The van der Waals surface area contributed by atoms with Crippen LogP contribution in [0.3, 0.4) is 0 Å². The number of nitrogens with one attached hydrogen (secondary N) is 1. The van der Waals surface area contributed by atoms with Crippen molar-refractivity contribution in [1.29, 1.82) is 0 Å². The van der Waals surface area contributed by atoms with Crippen molar-refractivity contribution in [2.45, 2.75) is 13.8 Å². The second kappa shape index (κ2) is 4.31. The molecular weight excluding hydrogens is 240 g/mol. The number of hydrogen-bond acceptors (Lipinski definition) is 4. The van der Waals surface area contributed by atoms with Gasteiger partial charge in [0.15, 0.2) is 5.58 Å². The third-order valence-corrected chi connectivity index (χ3v) is 2.86. The number of rotatable bonds is 2. The van der Waals surface area contributed by atoms with E-state index >= 15 is 0 Å². The number of benzene rings is 2. The van der Waals surface area contributed by atoms with E-state index in [2.05, 4.69) is 10.3 Å². The SMILES string of the molecule is Cc1cc(O)cc(Nc2nc3cc(C)ccc3o2)c1. The van der Waals surface area contributed by atoms with E-state index in [-0.39, 0.29) is 5.75 Å². The second-order valence-corrected chi connectivity index (χ2v) is 4.67. The summed E-state index contributed by atoms with van der Waals surface area (Å²) >= 11 is 0. The molecule has 1 heterocycles. The third-order valence-electron chi connectivity index (χ3n) is 2.86. The molecule has 0 atom stereocenters. The van der Waals surface area contributed by atoms with Gasteiger partial charge in [-0.05, 0) is 49.2 Å². The molecule has 2 N–H and O–H groups in total. The minimum atomic E-state index is 0.217. The van der Waals surface area contributed by atoms with Gasteiger partial charge in [-0.3, -0.25) is 0 Å². The van der Waals surface area contributed by atoms with Crippen LogP contribution in [0, 0.1) is 13.8 Å². The summed E-state index contributed by atoms with van der Waals surface area (Å²) in [7, 11) is 0. The zero-order valence-corrected chi connectivity index (χ0v) is 10.8. The maximum absolute atomic E-state index is 9.56. The van der Waals surface area contributed by atoms with Crippen LogP contribution in [0.15, 0.2) is 40.8 Å². The molecule has 0 aliphatic heterocycles. The first kappa shape index (κ1) is 11.6. The lowest BCUT2D eigenvalue weighted by Crippen LogP contribution is -1.90. The third kappa shape index (κ3) is 2.38. The highest BCUT2D eigenvalue weighted by Crippen LogP contribution is 2.25. The number of aromatic nitrogens is 1. The molecule has 0 radical (unpaired) electrons. The maximum atomic E-state index is 9.56. The van der Waals surface area contributed by atoms with Gasteiger partial charge in [0.25, 0.3) is 6.01 Å². The first-order valence-electron chi connectivity index (χ1n) is 6.05. The first-order chi connectivity index (χ1) is 9.10. The lowest BCUT2D eigenvalue weighted by atomic mass is 10.2. The molecule has 3 aromatic rings. The van der Waals surface area contributed by atoms with Crippen molar-refractivity contribution in [3.63, 3.8) is 0 Å². The lowest BCUT2D eigenvalue weighted by Gasteiger charge is -2.03. The number of hydrogen-bond donors (Lipinski definition) is 2. The number of fused-ring (bicyclic) bond motifs is 1. The maximum Gasteiger partial charge on any atom is 0.300 e. The van der Waals surface area contributed by atoms with E-state index in [0.717, 1.165) is 27.9 Å².